The Hall–Kier alpha value is -3.18. The number of amides is 1. The first-order valence-electron chi connectivity index (χ1n) is 8.57. The Labute approximate surface area is 161 Å². The molecule has 1 N–H and O–H groups in total. The van der Waals surface area contributed by atoms with Crippen molar-refractivity contribution in [2.75, 3.05) is 5.75 Å². The molecule has 0 saturated carbocycles. The molecular formula is C22H17N3OS. The topological polar surface area (TPSA) is 54.4 Å². The van der Waals surface area contributed by atoms with E-state index in [4.69, 9.17) is 0 Å². The number of aromatic nitrogens is 1. The smallest absolute Gasteiger partial charge is 0.250 e. The maximum atomic E-state index is 12.1. The summed E-state index contributed by atoms with van der Waals surface area (Å²) >= 11 is 1.46. The lowest BCUT2D eigenvalue weighted by molar-refractivity contribution is -0.118. The number of benzene rings is 3. The zero-order valence-electron chi connectivity index (χ0n) is 14.5. The van der Waals surface area contributed by atoms with Crippen LogP contribution in [-0.2, 0) is 4.79 Å². The Balaban J connectivity index is 1.40. The number of nitrogens with zero attached hydrogens (tertiary/aromatic N) is 2. The van der Waals surface area contributed by atoms with Gasteiger partial charge in [0.2, 0.25) is 5.91 Å². The molecule has 3 aromatic carbocycles. The SMILES string of the molecule is O=C(CSc1cccc2cccnc12)N/N=C/c1cccc2ccccc12. The summed E-state index contributed by atoms with van der Waals surface area (Å²) in [5, 5.41) is 7.43. The Kier molecular flexibility index (Phi) is 5.12. The van der Waals surface area contributed by atoms with Gasteiger partial charge in [-0.05, 0) is 22.9 Å². The van der Waals surface area contributed by atoms with Gasteiger partial charge in [0.05, 0.1) is 17.5 Å². The van der Waals surface area contributed by atoms with Gasteiger partial charge < -0.3 is 0 Å². The lowest BCUT2D eigenvalue weighted by atomic mass is 10.1. The molecule has 0 fully saturated rings. The van der Waals surface area contributed by atoms with Crippen molar-refractivity contribution in [3.05, 3.63) is 84.6 Å². The fourth-order valence-electron chi connectivity index (χ4n) is 2.91. The molecule has 1 amide bonds. The van der Waals surface area contributed by atoms with E-state index in [1.54, 1.807) is 12.4 Å². The van der Waals surface area contributed by atoms with Crippen molar-refractivity contribution in [2.24, 2.45) is 5.10 Å². The van der Waals surface area contributed by atoms with Gasteiger partial charge in [-0.15, -0.1) is 11.8 Å². The van der Waals surface area contributed by atoms with Crippen LogP contribution in [0.1, 0.15) is 5.56 Å². The number of carbonyl (C=O) groups is 1. The third kappa shape index (κ3) is 3.99. The Bertz CT molecular complexity index is 1130. The van der Waals surface area contributed by atoms with E-state index in [1.807, 2.05) is 60.7 Å². The van der Waals surface area contributed by atoms with E-state index in [0.29, 0.717) is 0 Å². The van der Waals surface area contributed by atoms with Crippen LogP contribution in [0.15, 0.2) is 89.0 Å². The summed E-state index contributed by atoms with van der Waals surface area (Å²) in [5.41, 5.74) is 4.49. The lowest BCUT2D eigenvalue weighted by Crippen LogP contribution is -2.19. The summed E-state index contributed by atoms with van der Waals surface area (Å²) in [6, 6.07) is 24.0. The Morgan fingerprint density at radius 2 is 1.74 bits per heavy atom. The highest BCUT2D eigenvalue weighted by atomic mass is 32.2. The molecule has 1 aromatic heterocycles. The van der Waals surface area contributed by atoms with Gasteiger partial charge >= 0.3 is 0 Å². The lowest BCUT2D eigenvalue weighted by Gasteiger charge is -2.05. The largest absolute Gasteiger partial charge is 0.272 e. The molecule has 0 aliphatic rings. The Morgan fingerprint density at radius 3 is 2.70 bits per heavy atom. The first-order valence-corrected chi connectivity index (χ1v) is 9.56. The van der Waals surface area contributed by atoms with Gasteiger partial charge in [0.25, 0.3) is 0 Å². The predicted octanol–water partition coefficient (Wildman–Crippen LogP) is 4.63. The number of pyridine rings is 1. The summed E-state index contributed by atoms with van der Waals surface area (Å²) in [4.78, 5) is 17.5. The van der Waals surface area contributed by atoms with E-state index in [-0.39, 0.29) is 11.7 Å². The van der Waals surface area contributed by atoms with Crippen LogP contribution in [-0.4, -0.2) is 22.9 Å². The molecule has 132 valence electrons. The minimum Gasteiger partial charge on any atom is -0.272 e. The highest BCUT2D eigenvalue weighted by Gasteiger charge is 2.06. The molecular weight excluding hydrogens is 354 g/mol. The van der Waals surface area contributed by atoms with Gasteiger partial charge in [-0.1, -0.05) is 60.7 Å². The highest BCUT2D eigenvalue weighted by Crippen LogP contribution is 2.25. The monoisotopic (exact) mass is 371 g/mol. The summed E-state index contributed by atoms with van der Waals surface area (Å²) in [5.74, 6) is 0.132. The zero-order valence-corrected chi connectivity index (χ0v) is 15.3. The molecule has 0 aliphatic heterocycles. The van der Waals surface area contributed by atoms with Crippen LogP contribution in [0.5, 0.6) is 0 Å². The summed E-state index contributed by atoms with van der Waals surface area (Å²) in [6.45, 7) is 0. The van der Waals surface area contributed by atoms with Gasteiger partial charge in [0.15, 0.2) is 0 Å². The van der Waals surface area contributed by atoms with E-state index in [1.165, 1.54) is 11.8 Å². The molecule has 0 unspecified atom stereocenters. The van der Waals surface area contributed by atoms with Crippen molar-refractivity contribution in [3.63, 3.8) is 0 Å². The van der Waals surface area contributed by atoms with Crippen LogP contribution in [0.2, 0.25) is 0 Å². The van der Waals surface area contributed by atoms with Crippen molar-refractivity contribution in [1.29, 1.82) is 0 Å². The van der Waals surface area contributed by atoms with Gasteiger partial charge in [-0.3, -0.25) is 9.78 Å². The van der Waals surface area contributed by atoms with Crippen molar-refractivity contribution < 1.29 is 4.79 Å². The van der Waals surface area contributed by atoms with E-state index in [9.17, 15) is 4.79 Å². The van der Waals surface area contributed by atoms with E-state index in [0.717, 1.165) is 32.1 Å². The molecule has 0 radical (unpaired) electrons. The number of rotatable bonds is 5. The average molecular weight is 371 g/mol. The number of para-hydroxylation sites is 1. The third-order valence-electron chi connectivity index (χ3n) is 4.17. The second-order valence-corrected chi connectivity index (χ2v) is 7.00. The standard InChI is InChI=1S/C22H17N3OS/c26-21(15-27-20-12-4-8-17-10-5-13-23-22(17)20)25-24-14-18-9-3-7-16-6-1-2-11-19(16)18/h1-14H,15H2,(H,25,26)/b24-14+. The van der Waals surface area contributed by atoms with Crippen LogP contribution in [0.3, 0.4) is 0 Å². The van der Waals surface area contributed by atoms with Gasteiger partial charge in [-0.25, -0.2) is 5.43 Å². The van der Waals surface area contributed by atoms with Gasteiger partial charge in [0, 0.05) is 22.0 Å². The summed E-state index contributed by atoms with van der Waals surface area (Å²) in [7, 11) is 0. The maximum absolute atomic E-state index is 12.1. The number of nitrogens with one attached hydrogen (secondary N) is 1. The first kappa shape index (κ1) is 17.2. The number of hydrogen-bond acceptors (Lipinski definition) is 4. The summed E-state index contributed by atoms with van der Waals surface area (Å²) < 4.78 is 0. The molecule has 4 aromatic rings. The Morgan fingerprint density at radius 1 is 0.963 bits per heavy atom. The van der Waals surface area contributed by atoms with Crippen LogP contribution >= 0.6 is 11.8 Å². The van der Waals surface area contributed by atoms with Crippen LogP contribution < -0.4 is 5.43 Å². The summed E-state index contributed by atoms with van der Waals surface area (Å²) in [6.07, 6.45) is 3.45. The first-order chi connectivity index (χ1) is 13.3. The van der Waals surface area contributed by atoms with Crippen LogP contribution in [0.25, 0.3) is 21.7 Å². The number of thioether (sulfide) groups is 1. The molecule has 4 nitrogen and oxygen atoms in total. The van der Waals surface area contributed by atoms with Crippen molar-refractivity contribution in [2.45, 2.75) is 4.90 Å². The highest BCUT2D eigenvalue weighted by molar-refractivity contribution is 8.00. The zero-order chi connectivity index (χ0) is 18.5. The van der Waals surface area contributed by atoms with Crippen molar-refractivity contribution in [3.8, 4) is 0 Å². The molecule has 1 heterocycles. The molecule has 0 bridgehead atoms. The van der Waals surface area contributed by atoms with Crippen LogP contribution in [0, 0.1) is 0 Å². The number of carbonyl (C=O) groups excluding carboxylic acids is 1. The molecule has 5 heteroatoms. The van der Waals surface area contributed by atoms with E-state index in [2.05, 4.69) is 27.6 Å². The molecule has 0 atom stereocenters. The van der Waals surface area contributed by atoms with E-state index >= 15 is 0 Å². The van der Waals surface area contributed by atoms with Gasteiger partial charge in [-0.2, -0.15) is 5.10 Å². The molecule has 0 spiro atoms. The van der Waals surface area contributed by atoms with Crippen molar-refractivity contribution >= 4 is 45.6 Å². The molecule has 0 saturated heterocycles. The normalized spacial score (nSPS) is 11.3. The van der Waals surface area contributed by atoms with E-state index < -0.39 is 0 Å². The van der Waals surface area contributed by atoms with Crippen LogP contribution in [0.4, 0.5) is 0 Å². The molecule has 4 rings (SSSR count). The second kappa shape index (κ2) is 8.01. The minimum atomic E-state index is -0.149. The number of fused-ring (bicyclic) bond motifs is 2. The minimum absolute atomic E-state index is 0.149. The fourth-order valence-corrected chi connectivity index (χ4v) is 3.74. The molecule has 27 heavy (non-hydrogen) atoms. The number of hydrazone groups is 1. The third-order valence-corrected chi connectivity index (χ3v) is 5.22. The predicted molar refractivity (Wildman–Crippen MR) is 112 cm³/mol. The number of hydrogen-bond donors (Lipinski definition) is 1. The van der Waals surface area contributed by atoms with Gasteiger partial charge in [0.1, 0.15) is 0 Å². The second-order valence-electron chi connectivity index (χ2n) is 5.98. The maximum Gasteiger partial charge on any atom is 0.250 e. The van der Waals surface area contributed by atoms with Crippen molar-refractivity contribution in [1.82, 2.24) is 10.4 Å². The molecule has 0 aliphatic carbocycles. The fraction of sp³-hybridized carbons (Fsp3) is 0.0455. The quantitative estimate of drug-likeness (QED) is 0.316. The average Bonchev–Trinajstić information content (AvgIpc) is 2.72.